The molecular formula is C12H20N2O2S. The van der Waals surface area contributed by atoms with Gasteiger partial charge in [-0.3, -0.25) is 9.59 Å². The van der Waals surface area contributed by atoms with Crippen molar-refractivity contribution < 1.29 is 9.59 Å². The topological polar surface area (TPSA) is 49.4 Å². The van der Waals surface area contributed by atoms with Crippen LogP contribution in [0.25, 0.3) is 0 Å². The van der Waals surface area contributed by atoms with Crippen molar-refractivity contribution in [1.82, 2.24) is 10.2 Å². The summed E-state index contributed by atoms with van der Waals surface area (Å²) in [7, 11) is 0. The van der Waals surface area contributed by atoms with Crippen LogP contribution >= 0.6 is 11.8 Å². The Morgan fingerprint density at radius 3 is 2.82 bits per heavy atom. The van der Waals surface area contributed by atoms with Crippen LogP contribution in [0, 0.1) is 5.92 Å². The average molecular weight is 256 g/mol. The third-order valence-electron chi connectivity index (χ3n) is 3.37. The summed E-state index contributed by atoms with van der Waals surface area (Å²) in [5.41, 5.74) is 0. The summed E-state index contributed by atoms with van der Waals surface area (Å²) < 4.78 is 0. The van der Waals surface area contributed by atoms with Crippen molar-refractivity contribution in [3.8, 4) is 0 Å². The van der Waals surface area contributed by atoms with Crippen LogP contribution in [0.3, 0.4) is 0 Å². The molecule has 0 aromatic rings. The molecule has 0 bridgehead atoms. The Labute approximate surface area is 106 Å². The fourth-order valence-corrected chi connectivity index (χ4v) is 2.64. The second-order valence-corrected chi connectivity index (χ2v) is 5.79. The molecule has 0 aromatic heterocycles. The van der Waals surface area contributed by atoms with Crippen LogP contribution < -0.4 is 5.32 Å². The highest BCUT2D eigenvalue weighted by atomic mass is 32.2. The van der Waals surface area contributed by atoms with E-state index in [-0.39, 0.29) is 17.9 Å². The molecule has 2 fully saturated rings. The smallest absolute Gasteiger partial charge is 0.245 e. The molecular weight excluding hydrogens is 236 g/mol. The maximum atomic E-state index is 12.3. The molecule has 4 nitrogen and oxygen atoms in total. The zero-order valence-corrected chi connectivity index (χ0v) is 11.1. The highest BCUT2D eigenvalue weighted by molar-refractivity contribution is 7.98. The molecule has 0 radical (unpaired) electrons. The van der Waals surface area contributed by atoms with E-state index in [9.17, 15) is 9.59 Å². The molecule has 2 aliphatic rings. The Bertz CT molecular complexity index is 305. The molecule has 1 aliphatic carbocycles. The molecule has 5 heteroatoms. The Balaban J connectivity index is 1.94. The van der Waals surface area contributed by atoms with Crippen LogP contribution in [0.15, 0.2) is 0 Å². The van der Waals surface area contributed by atoms with Gasteiger partial charge in [0.25, 0.3) is 0 Å². The number of carbonyl (C=O) groups is 2. The maximum Gasteiger partial charge on any atom is 0.245 e. The molecule has 2 amide bonds. The van der Waals surface area contributed by atoms with Gasteiger partial charge in [-0.25, -0.2) is 0 Å². The van der Waals surface area contributed by atoms with E-state index in [0.717, 1.165) is 31.6 Å². The van der Waals surface area contributed by atoms with Gasteiger partial charge in [-0.15, -0.1) is 0 Å². The zero-order chi connectivity index (χ0) is 12.3. The standard InChI is InChI=1S/C12H20N2O2S/c1-17-8-2-6-14-7-5-10(15)13-11(12(14)16)9-3-4-9/h9,11H,2-8H2,1H3,(H,13,15). The lowest BCUT2D eigenvalue weighted by atomic mass is 10.1. The van der Waals surface area contributed by atoms with Gasteiger partial charge < -0.3 is 10.2 Å². The quantitative estimate of drug-likeness (QED) is 0.743. The van der Waals surface area contributed by atoms with E-state index in [1.165, 1.54) is 0 Å². The first-order valence-electron chi connectivity index (χ1n) is 6.29. The molecule has 1 unspecified atom stereocenters. The van der Waals surface area contributed by atoms with Crippen molar-refractivity contribution in [2.24, 2.45) is 5.92 Å². The van der Waals surface area contributed by atoms with Gasteiger partial charge in [0.1, 0.15) is 6.04 Å². The lowest BCUT2D eigenvalue weighted by Gasteiger charge is -2.23. The minimum Gasteiger partial charge on any atom is -0.344 e. The summed E-state index contributed by atoms with van der Waals surface area (Å²) in [6, 6.07) is -0.237. The number of rotatable bonds is 5. The van der Waals surface area contributed by atoms with Gasteiger partial charge in [0.2, 0.25) is 11.8 Å². The van der Waals surface area contributed by atoms with Gasteiger partial charge in [-0.1, -0.05) is 0 Å². The Morgan fingerprint density at radius 2 is 2.18 bits per heavy atom. The predicted molar refractivity (Wildman–Crippen MR) is 68.9 cm³/mol. The van der Waals surface area contributed by atoms with Gasteiger partial charge in [-0.2, -0.15) is 11.8 Å². The van der Waals surface area contributed by atoms with E-state index in [0.29, 0.717) is 18.9 Å². The van der Waals surface area contributed by atoms with E-state index in [1.807, 2.05) is 4.90 Å². The number of thioether (sulfide) groups is 1. The van der Waals surface area contributed by atoms with Gasteiger partial charge in [0.15, 0.2) is 0 Å². The molecule has 0 aromatic carbocycles. The second kappa shape index (κ2) is 5.76. The van der Waals surface area contributed by atoms with E-state index in [2.05, 4.69) is 11.6 Å². The fraction of sp³-hybridized carbons (Fsp3) is 0.833. The normalized spacial score (nSPS) is 25.7. The summed E-state index contributed by atoms with van der Waals surface area (Å²) in [5.74, 6) is 1.63. The van der Waals surface area contributed by atoms with Gasteiger partial charge in [0.05, 0.1) is 0 Å². The number of hydrogen-bond acceptors (Lipinski definition) is 3. The van der Waals surface area contributed by atoms with Crippen LogP contribution in [-0.4, -0.2) is 47.9 Å². The molecule has 1 saturated carbocycles. The summed E-state index contributed by atoms with van der Waals surface area (Å²) in [6.45, 7) is 1.38. The van der Waals surface area contributed by atoms with Crippen LogP contribution in [0.1, 0.15) is 25.7 Å². The maximum absolute atomic E-state index is 12.3. The van der Waals surface area contributed by atoms with Crippen LogP contribution in [0.2, 0.25) is 0 Å². The summed E-state index contributed by atoms with van der Waals surface area (Å²) in [5, 5.41) is 2.88. The van der Waals surface area contributed by atoms with Crippen molar-refractivity contribution in [2.45, 2.75) is 31.7 Å². The molecule has 1 atom stereocenters. The van der Waals surface area contributed by atoms with E-state index < -0.39 is 0 Å². The zero-order valence-electron chi connectivity index (χ0n) is 10.3. The largest absolute Gasteiger partial charge is 0.344 e. The van der Waals surface area contributed by atoms with Gasteiger partial charge in [-0.05, 0) is 37.2 Å². The SMILES string of the molecule is CSCCCN1CCC(=O)NC(C2CC2)C1=O. The highest BCUT2D eigenvalue weighted by Crippen LogP contribution is 2.34. The monoisotopic (exact) mass is 256 g/mol. The molecule has 1 N–H and O–H groups in total. The Hall–Kier alpha value is -0.710. The molecule has 0 spiro atoms. The predicted octanol–water partition coefficient (Wildman–Crippen LogP) is 0.867. The van der Waals surface area contributed by atoms with Crippen molar-refractivity contribution in [3.05, 3.63) is 0 Å². The molecule has 2 rings (SSSR count). The van der Waals surface area contributed by atoms with Crippen LogP contribution in [0.4, 0.5) is 0 Å². The lowest BCUT2D eigenvalue weighted by Crippen LogP contribution is -2.46. The van der Waals surface area contributed by atoms with Crippen molar-refractivity contribution in [2.75, 3.05) is 25.1 Å². The molecule has 17 heavy (non-hydrogen) atoms. The third-order valence-corrected chi connectivity index (χ3v) is 4.07. The molecule has 1 heterocycles. The van der Waals surface area contributed by atoms with E-state index in [1.54, 1.807) is 11.8 Å². The Morgan fingerprint density at radius 1 is 1.41 bits per heavy atom. The number of hydrogen-bond donors (Lipinski definition) is 1. The second-order valence-electron chi connectivity index (χ2n) is 4.80. The van der Waals surface area contributed by atoms with Crippen molar-refractivity contribution >= 4 is 23.6 Å². The highest BCUT2D eigenvalue weighted by Gasteiger charge is 2.40. The summed E-state index contributed by atoms with van der Waals surface area (Å²) >= 11 is 1.80. The number of amides is 2. The number of nitrogens with zero attached hydrogens (tertiary/aromatic N) is 1. The van der Waals surface area contributed by atoms with E-state index in [4.69, 9.17) is 0 Å². The average Bonchev–Trinajstić information content (AvgIpc) is 3.13. The van der Waals surface area contributed by atoms with Crippen LogP contribution in [-0.2, 0) is 9.59 Å². The molecule has 1 aliphatic heterocycles. The van der Waals surface area contributed by atoms with Gasteiger partial charge in [0, 0.05) is 19.5 Å². The summed E-state index contributed by atoms with van der Waals surface area (Å²) in [6.07, 6.45) is 5.69. The molecule has 1 saturated heterocycles. The first-order chi connectivity index (χ1) is 8.22. The first kappa shape index (κ1) is 12.7. The van der Waals surface area contributed by atoms with Crippen LogP contribution in [0.5, 0.6) is 0 Å². The van der Waals surface area contributed by atoms with E-state index >= 15 is 0 Å². The minimum atomic E-state index is -0.237. The first-order valence-corrected chi connectivity index (χ1v) is 7.69. The number of nitrogens with one attached hydrogen (secondary N) is 1. The number of carbonyl (C=O) groups excluding carboxylic acids is 2. The lowest BCUT2D eigenvalue weighted by molar-refractivity contribution is -0.134. The van der Waals surface area contributed by atoms with Gasteiger partial charge >= 0.3 is 0 Å². The van der Waals surface area contributed by atoms with Crippen molar-refractivity contribution in [3.63, 3.8) is 0 Å². The third kappa shape index (κ3) is 3.37. The Kier molecular flexibility index (Phi) is 4.31. The molecule has 96 valence electrons. The summed E-state index contributed by atoms with van der Waals surface area (Å²) in [4.78, 5) is 25.7. The van der Waals surface area contributed by atoms with Crippen molar-refractivity contribution in [1.29, 1.82) is 0 Å². The minimum absolute atomic E-state index is 0.0302. The fourth-order valence-electron chi connectivity index (χ4n) is 2.22.